The summed E-state index contributed by atoms with van der Waals surface area (Å²) >= 11 is 21.3. The molecule has 2 nitrogen and oxygen atoms in total. The van der Waals surface area contributed by atoms with Crippen LogP contribution in [-0.4, -0.2) is 22.2 Å². The van der Waals surface area contributed by atoms with Crippen LogP contribution in [0.3, 0.4) is 0 Å². The highest BCUT2D eigenvalue weighted by molar-refractivity contribution is 6.75. The van der Waals surface area contributed by atoms with Crippen molar-refractivity contribution in [1.82, 2.24) is 0 Å². The maximum atomic E-state index is 10.9. The molecule has 0 rings (SSSR count). The molecule has 0 bridgehead atoms. The fraction of sp³-hybridized carbons (Fsp3) is 0.875. The number of halogens is 4. The highest BCUT2D eigenvalue weighted by Crippen LogP contribution is 2.27. The lowest BCUT2D eigenvalue weighted by Crippen LogP contribution is -2.22. The molecule has 0 saturated carbocycles. The van der Waals surface area contributed by atoms with E-state index in [1.165, 1.54) is 0 Å². The number of esters is 1. The Kier molecular flexibility index (Phi) is 8.22. The van der Waals surface area contributed by atoms with Crippen LogP contribution < -0.4 is 0 Å². The number of carbonyl (C=O) groups excluding carboxylic acids is 1. The van der Waals surface area contributed by atoms with Gasteiger partial charge in [0.1, 0.15) is 0 Å². The van der Waals surface area contributed by atoms with E-state index in [2.05, 4.69) is 0 Å². The van der Waals surface area contributed by atoms with E-state index in [0.29, 0.717) is 5.88 Å². The quantitative estimate of drug-likeness (QED) is 0.422. The van der Waals surface area contributed by atoms with Crippen molar-refractivity contribution in [3.05, 3.63) is 0 Å². The van der Waals surface area contributed by atoms with Gasteiger partial charge in [-0.2, -0.15) is 0 Å². The lowest BCUT2D eigenvalue weighted by atomic mass is 10.2. The topological polar surface area (TPSA) is 26.3 Å². The van der Waals surface area contributed by atoms with Gasteiger partial charge in [-0.15, -0.1) is 11.6 Å². The fourth-order valence-electron chi connectivity index (χ4n) is 0.797. The van der Waals surface area contributed by atoms with Crippen LogP contribution in [0, 0.1) is 0 Å². The molecule has 6 heteroatoms. The standard InChI is InChI=1S/C8H12Cl4O2/c9-5-3-1-2-4-6-14-7(13)8(10,11)12/h1-6H2. The van der Waals surface area contributed by atoms with Crippen LogP contribution in [0.25, 0.3) is 0 Å². The average Bonchev–Trinajstić information content (AvgIpc) is 2.09. The number of alkyl halides is 4. The van der Waals surface area contributed by atoms with Crippen molar-refractivity contribution < 1.29 is 9.53 Å². The molecule has 0 aromatic heterocycles. The molecule has 0 radical (unpaired) electrons. The number of hydrogen-bond acceptors (Lipinski definition) is 2. The van der Waals surface area contributed by atoms with Crippen molar-refractivity contribution in [2.75, 3.05) is 12.5 Å². The molecule has 0 aliphatic carbocycles. The van der Waals surface area contributed by atoms with E-state index in [1.54, 1.807) is 0 Å². The summed E-state index contributed by atoms with van der Waals surface area (Å²) in [5, 5.41) is 0. The molecule has 0 fully saturated rings. The summed E-state index contributed by atoms with van der Waals surface area (Å²) < 4.78 is 2.76. The van der Waals surface area contributed by atoms with Crippen LogP contribution in [0.5, 0.6) is 0 Å². The van der Waals surface area contributed by atoms with Crippen molar-refractivity contribution in [3.63, 3.8) is 0 Å². The largest absolute Gasteiger partial charge is 0.463 e. The Morgan fingerprint density at radius 1 is 1.07 bits per heavy atom. The van der Waals surface area contributed by atoms with Gasteiger partial charge in [-0.3, -0.25) is 0 Å². The van der Waals surface area contributed by atoms with Gasteiger partial charge in [0, 0.05) is 5.88 Å². The summed E-state index contributed by atoms with van der Waals surface area (Å²) in [5.74, 6) is -0.159. The van der Waals surface area contributed by atoms with Crippen LogP contribution in [0.1, 0.15) is 25.7 Å². The van der Waals surface area contributed by atoms with Crippen LogP contribution in [0.2, 0.25) is 0 Å². The van der Waals surface area contributed by atoms with E-state index in [4.69, 9.17) is 51.1 Å². The third kappa shape index (κ3) is 7.98. The summed E-state index contributed by atoms with van der Waals surface area (Å²) in [5.41, 5.74) is 0. The number of carbonyl (C=O) groups is 1. The number of ether oxygens (including phenoxy) is 1. The third-order valence-electron chi connectivity index (χ3n) is 1.49. The predicted octanol–water partition coefficient (Wildman–Crippen LogP) is 3.70. The Balaban J connectivity index is 3.33. The predicted molar refractivity (Wildman–Crippen MR) is 60.4 cm³/mol. The third-order valence-corrected chi connectivity index (χ3v) is 2.22. The number of rotatable bonds is 6. The van der Waals surface area contributed by atoms with E-state index >= 15 is 0 Å². The highest BCUT2D eigenvalue weighted by Gasteiger charge is 2.32. The van der Waals surface area contributed by atoms with Crippen molar-refractivity contribution in [2.24, 2.45) is 0 Å². The molecule has 0 amide bonds. The molecule has 0 heterocycles. The Bertz CT molecular complexity index is 167. The molecule has 14 heavy (non-hydrogen) atoms. The van der Waals surface area contributed by atoms with E-state index < -0.39 is 9.76 Å². The molecule has 0 unspecified atom stereocenters. The zero-order chi connectivity index (χ0) is 11.0. The highest BCUT2D eigenvalue weighted by atomic mass is 35.6. The monoisotopic (exact) mass is 280 g/mol. The Hall–Kier alpha value is 0.630. The molecule has 0 aliphatic heterocycles. The fourth-order valence-corrected chi connectivity index (χ4v) is 1.15. The minimum absolute atomic E-state index is 0.287. The second kappa shape index (κ2) is 7.86. The zero-order valence-corrected chi connectivity index (χ0v) is 10.6. The Morgan fingerprint density at radius 2 is 1.64 bits per heavy atom. The maximum Gasteiger partial charge on any atom is 0.358 e. The van der Waals surface area contributed by atoms with Crippen molar-refractivity contribution >= 4 is 52.4 Å². The summed E-state index contributed by atoms with van der Waals surface area (Å²) in [7, 11) is 0. The molecule has 84 valence electrons. The van der Waals surface area contributed by atoms with Crippen LogP contribution in [-0.2, 0) is 9.53 Å². The lowest BCUT2D eigenvalue weighted by Gasteiger charge is -2.09. The van der Waals surface area contributed by atoms with Crippen LogP contribution in [0.15, 0.2) is 0 Å². The van der Waals surface area contributed by atoms with Crippen LogP contribution in [0.4, 0.5) is 0 Å². The van der Waals surface area contributed by atoms with Crippen molar-refractivity contribution in [2.45, 2.75) is 29.5 Å². The molecule has 0 aromatic rings. The van der Waals surface area contributed by atoms with Gasteiger partial charge in [-0.1, -0.05) is 47.6 Å². The van der Waals surface area contributed by atoms with Gasteiger partial charge in [-0.05, 0) is 12.8 Å². The molecule has 0 atom stereocenters. The van der Waals surface area contributed by atoms with Gasteiger partial charge in [0.15, 0.2) is 0 Å². The summed E-state index contributed by atoms with van der Waals surface area (Å²) in [6.07, 6.45) is 3.72. The molecule has 0 aromatic carbocycles. The van der Waals surface area contributed by atoms with Gasteiger partial charge in [0.25, 0.3) is 3.79 Å². The molecule has 0 aliphatic rings. The van der Waals surface area contributed by atoms with Crippen molar-refractivity contribution in [1.29, 1.82) is 0 Å². The summed E-state index contributed by atoms with van der Waals surface area (Å²) in [6, 6.07) is 0. The first kappa shape index (κ1) is 14.6. The van der Waals surface area contributed by atoms with Gasteiger partial charge in [0.05, 0.1) is 6.61 Å². The Labute approximate surface area is 104 Å². The first-order valence-corrected chi connectivity index (χ1v) is 5.95. The molecular weight excluding hydrogens is 270 g/mol. The molecule has 0 spiro atoms. The van der Waals surface area contributed by atoms with E-state index in [-0.39, 0.29) is 6.61 Å². The maximum absolute atomic E-state index is 10.9. The number of hydrogen-bond donors (Lipinski definition) is 0. The van der Waals surface area contributed by atoms with Crippen molar-refractivity contribution in [3.8, 4) is 0 Å². The van der Waals surface area contributed by atoms with Gasteiger partial charge in [-0.25, -0.2) is 4.79 Å². The van der Waals surface area contributed by atoms with E-state index in [9.17, 15) is 4.79 Å². The Morgan fingerprint density at radius 3 is 2.14 bits per heavy atom. The first-order valence-electron chi connectivity index (χ1n) is 4.28. The molecule has 0 N–H and O–H groups in total. The second-order valence-electron chi connectivity index (χ2n) is 2.74. The summed E-state index contributed by atoms with van der Waals surface area (Å²) in [6.45, 7) is 0.287. The molecular formula is C8H12Cl4O2. The minimum Gasteiger partial charge on any atom is -0.463 e. The minimum atomic E-state index is -1.96. The van der Waals surface area contributed by atoms with Crippen LogP contribution >= 0.6 is 46.4 Å². The SMILES string of the molecule is O=C(OCCCCCCCl)C(Cl)(Cl)Cl. The summed E-state index contributed by atoms with van der Waals surface area (Å²) in [4.78, 5) is 10.9. The smallest absolute Gasteiger partial charge is 0.358 e. The average molecular weight is 282 g/mol. The van der Waals surface area contributed by atoms with E-state index in [0.717, 1.165) is 25.7 Å². The normalized spacial score (nSPS) is 11.4. The van der Waals surface area contributed by atoms with E-state index in [1.807, 2.05) is 0 Å². The lowest BCUT2D eigenvalue weighted by molar-refractivity contribution is -0.142. The number of unbranched alkanes of at least 4 members (excludes halogenated alkanes) is 3. The first-order chi connectivity index (χ1) is 6.48. The second-order valence-corrected chi connectivity index (χ2v) is 5.40. The zero-order valence-electron chi connectivity index (χ0n) is 7.57. The molecule has 0 saturated heterocycles. The van der Waals surface area contributed by atoms with Gasteiger partial charge < -0.3 is 4.74 Å². The van der Waals surface area contributed by atoms with Gasteiger partial charge >= 0.3 is 5.97 Å². The van der Waals surface area contributed by atoms with Gasteiger partial charge in [0.2, 0.25) is 0 Å².